The summed E-state index contributed by atoms with van der Waals surface area (Å²) in [5.41, 5.74) is 1.13. The van der Waals surface area contributed by atoms with Crippen LogP contribution in [0.25, 0.3) is 29.7 Å². The molecule has 4 rings (SSSR count). The van der Waals surface area contributed by atoms with Crippen LogP contribution in [0.1, 0.15) is 16.1 Å². The van der Waals surface area contributed by atoms with Gasteiger partial charge in [-0.2, -0.15) is 0 Å². The van der Waals surface area contributed by atoms with E-state index in [0.717, 1.165) is 3.57 Å². The molecule has 6 nitrogen and oxygen atoms in total. The minimum atomic E-state index is -1.25. The number of halogens is 1. The van der Waals surface area contributed by atoms with E-state index in [1.54, 1.807) is 30.3 Å². The first kappa shape index (κ1) is 19.0. The Labute approximate surface area is 178 Å². The van der Waals surface area contributed by atoms with Crippen molar-refractivity contribution in [3.8, 4) is 17.0 Å². The van der Waals surface area contributed by atoms with E-state index in [0.29, 0.717) is 33.3 Å². The molecule has 0 aliphatic carbocycles. The van der Waals surface area contributed by atoms with Crippen molar-refractivity contribution in [3.63, 3.8) is 0 Å². The molecular weight excluding hydrogens is 483 g/mol. The number of furan rings is 1. The zero-order valence-electron chi connectivity index (χ0n) is 15.0. The number of aromatic carboxylic acids is 1. The van der Waals surface area contributed by atoms with Crippen molar-refractivity contribution in [2.75, 3.05) is 0 Å². The number of carbonyl (C=O) groups excluding carboxylic acids is 1. The first-order valence-electron chi connectivity index (χ1n) is 8.61. The Morgan fingerprint density at radius 2 is 1.90 bits per heavy atom. The van der Waals surface area contributed by atoms with E-state index in [1.807, 2.05) is 24.3 Å². The zero-order valence-corrected chi connectivity index (χ0v) is 17.2. The van der Waals surface area contributed by atoms with Crippen molar-refractivity contribution in [2.45, 2.75) is 0 Å². The summed E-state index contributed by atoms with van der Waals surface area (Å²) in [6, 6.07) is 17.2. The second-order valence-electron chi connectivity index (χ2n) is 6.34. The lowest BCUT2D eigenvalue weighted by molar-refractivity contribution is -0.255. The van der Waals surface area contributed by atoms with Gasteiger partial charge in [0.1, 0.15) is 11.5 Å². The van der Waals surface area contributed by atoms with Crippen LogP contribution in [0.5, 0.6) is 0 Å². The molecule has 0 aliphatic rings. The smallest absolute Gasteiger partial charge is 0.279 e. The number of carboxylic acid groups (broad SMARTS) is 1. The Morgan fingerprint density at radius 3 is 2.62 bits per heavy atom. The fourth-order valence-corrected chi connectivity index (χ4v) is 3.30. The van der Waals surface area contributed by atoms with Gasteiger partial charge in [0.15, 0.2) is 0 Å². The highest BCUT2D eigenvalue weighted by Crippen LogP contribution is 2.23. The lowest BCUT2D eigenvalue weighted by Crippen LogP contribution is -2.33. The van der Waals surface area contributed by atoms with Gasteiger partial charge in [-0.05, 0) is 76.7 Å². The number of hydrogen-bond acceptors (Lipinski definition) is 4. The Kier molecular flexibility index (Phi) is 4.98. The molecule has 0 bridgehead atoms. The van der Waals surface area contributed by atoms with E-state index in [4.69, 9.17) is 4.42 Å². The predicted molar refractivity (Wildman–Crippen MR) is 116 cm³/mol. The molecule has 4 aromatic rings. The number of hydrogen-bond donors (Lipinski definition) is 1. The van der Waals surface area contributed by atoms with Crippen LogP contribution >= 0.6 is 22.6 Å². The Morgan fingerprint density at radius 1 is 1.14 bits per heavy atom. The average molecular weight is 497 g/mol. The van der Waals surface area contributed by atoms with Gasteiger partial charge in [0.05, 0.1) is 22.2 Å². The average Bonchev–Trinajstić information content (AvgIpc) is 3.29. The first-order valence-corrected chi connectivity index (χ1v) is 9.69. The number of rotatable bonds is 4. The molecule has 2 heterocycles. The highest BCUT2D eigenvalue weighted by Gasteiger charge is 2.08. The SMILES string of the molecule is C=c1[nH]n(-c2ccc(I)cc2)c(=O)/c1=C\c1ccc(-c2cccc(C(=O)[O-])c2)o1. The molecule has 2 aromatic heterocycles. The largest absolute Gasteiger partial charge is 0.545 e. The number of benzene rings is 2. The van der Waals surface area contributed by atoms with Gasteiger partial charge in [-0.1, -0.05) is 24.8 Å². The molecular formula is C22H14IN2O4-. The summed E-state index contributed by atoms with van der Waals surface area (Å²) in [5.74, 6) is -0.316. The molecule has 29 heavy (non-hydrogen) atoms. The maximum absolute atomic E-state index is 12.8. The maximum Gasteiger partial charge on any atom is 0.279 e. The normalized spacial score (nSPS) is 11.7. The number of aromatic nitrogens is 2. The minimum Gasteiger partial charge on any atom is -0.545 e. The summed E-state index contributed by atoms with van der Waals surface area (Å²) >= 11 is 2.20. The van der Waals surface area contributed by atoms with Crippen LogP contribution in [0.2, 0.25) is 0 Å². The molecule has 2 aromatic carbocycles. The topological polar surface area (TPSA) is 91.1 Å². The quantitative estimate of drug-likeness (QED) is 0.434. The number of carbonyl (C=O) groups is 1. The lowest BCUT2D eigenvalue weighted by Gasteiger charge is -2.03. The summed E-state index contributed by atoms with van der Waals surface area (Å²) in [5, 5.41) is 14.9. The molecule has 144 valence electrons. The molecule has 0 aliphatic heterocycles. The number of nitrogens with zero attached hydrogens (tertiary/aromatic N) is 1. The molecule has 1 N–H and O–H groups in total. The molecule has 0 saturated heterocycles. The lowest BCUT2D eigenvalue weighted by atomic mass is 10.1. The second-order valence-corrected chi connectivity index (χ2v) is 7.58. The first-order chi connectivity index (χ1) is 13.9. The van der Waals surface area contributed by atoms with Gasteiger partial charge in [0, 0.05) is 9.13 Å². The zero-order chi connectivity index (χ0) is 20.5. The third kappa shape index (κ3) is 3.81. The fourth-order valence-electron chi connectivity index (χ4n) is 2.94. The van der Waals surface area contributed by atoms with Crippen molar-refractivity contribution in [3.05, 3.63) is 96.5 Å². The standard InChI is InChI=1S/C22H15IN2O4/c1-13-19(21(26)25(24-13)17-7-5-16(23)6-8-17)12-18-9-10-20(29-18)14-3-2-4-15(11-14)22(27)28/h2-12,24H,1H2,(H,27,28)/p-1/b19-12-. The number of aromatic amines is 1. The van der Waals surface area contributed by atoms with Crippen LogP contribution in [0.3, 0.4) is 0 Å². The third-order valence-electron chi connectivity index (χ3n) is 4.39. The Balaban J connectivity index is 1.74. The van der Waals surface area contributed by atoms with Crippen LogP contribution in [0.4, 0.5) is 0 Å². The fraction of sp³-hybridized carbons (Fsp3) is 0. The van der Waals surface area contributed by atoms with Gasteiger partial charge in [-0.3, -0.25) is 9.89 Å². The highest BCUT2D eigenvalue weighted by atomic mass is 127. The van der Waals surface area contributed by atoms with Crippen LogP contribution < -0.4 is 21.2 Å². The molecule has 0 atom stereocenters. The number of carboxylic acids is 1. The van der Waals surface area contributed by atoms with E-state index in [9.17, 15) is 14.7 Å². The summed E-state index contributed by atoms with van der Waals surface area (Å²) in [4.78, 5) is 23.9. The van der Waals surface area contributed by atoms with Crippen LogP contribution in [-0.2, 0) is 0 Å². The molecule has 0 spiro atoms. The van der Waals surface area contributed by atoms with E-state index >= 15 is 0 Å². The van der Waals surface area contributed by atoms with Crippen molar-refractivity contribution < 1.29 is 14.3 Å². The van der Waals surface area contributed by atoms with Crippen LogP contribution in [0, 0.1) is 3.57 Å². The van der Waals surface area contributed by atoms with Crippen LogP contribution in [-0.4, -0.2) is 15.7 Å². The van der Waals surface area contributed by atoms with Crippen molar-refractivity contribution in [2.24, 2.45) is 0 Å². The number of nitrogens with one attached hydrogen (secondary N) is 1. The van der Waals surface area contributed by atoms with Crippen molar-refractivity contribution >= 4 is 41.2 Å². The van der Waals surface area contributed by atoms with Crippen LogP contribution in [0.15, 0.2) is 69.9 Å². The molecule has 0 amide bonds. The second kappa shape index (κ2) is 7.59. The summed E-state index contributed by atoms with van der Waals surface area (Å²) in [6.45, 7) is 3.91. The van der Waals surface area contributed by atoms with E-state index in [1.165, 1.54) is 16.8 Å². The van der Waals surface area contributed by atoms with Crippen molar-refractivity contribution in [1.82, 2.24) is 9.78 Å². The summed E-state index contributed by atoms with van der Waals surface area (Å²) < 4.78 is 8.29. The molecule has 7 heteroatoms. The van der Waals surface area contributed by atoms with Gasteiger partial charge < -0.3 is 14.3 Å². The Bertz CT molecular complexity index is 1380. The van der Waals surface area contributed by atoms with Crippen molar-refractivity contribution in [1.29, 1.82) is 0 Å². The van der Waals surface area contributed by atoms with E-state index < -0.39 is 5.97 Å². The monoisotopic (exact) mass is 497 g/mol. The number of H-pyrrole nitrogens is 1. The summed E-state index contributed by atoms with van der Waals surface area (Å²) in [7, 11) is 0. The highest BCUT2D eigenvalue weighted by molar-refractivity contribution is 14.1. The summed E-state index contributed by atoms with van der Waals surface area (Å²) in [6.07, 6.45) is 1.61. The van der Waals surface area contributed by atoms with Gasteiger partial charge in [-0.15, -0.1) is 0 Å². The van der Waals surface area contributed by atoms with Gasteiger partial charge >= 0.3 is 0 Å². The molecule has 0 saturated carbocycles. The maximum atomic E-state index is 12.8. The Hall–Kier alpha value is -3.33. The van der Waals surface area contributed by atoms with E-state index in [-0.39, 0.29) is 11.1 Å². The van der Waals surface area contributed by atoms with Gasteiger partial charge in [0.25, 0.3) is 5.56 Å². The van der Waals surface area contributed by atoms with Gasteiger partial charge in [-0.25, -0.2) is 4.68 Å². The minimum absolute atomic E-state index is 0.0653. The molecule has 0 fully saturated rings. The predicted octanol–water partition coefficient (Wildman–Crippen LogP) is 1.63. The molecule has 0 unspecified atom stereocenters. The van der Waals surface area contributed by atoms with E-state index in [2.05, 4.69) is 34.3 Å². The third-order valence-corrected chi connectivity index (χ3v) is 5.11. The molecule has 0 radical (unpaired) electrons. The van der Waals surface area contributed by atoms with Gasteiger partial charge in [0.2, 0.25) is 0 Å².